The van der Waals surface area contributed by atoms with Crippen LogP contribution in [0.3, 0.4) is 0 Å². The lowest BCUT2D eigenvalue weighted by Gasteiger charge is -2.22. The Balaban J connectivity index is 1.45. The topological polar surface area (TPSA) is 21.3 Å². The van der Waals surface area contributed by atoms with E-state index in [1.54, 1.807) is 0 Å². The van der Waals surface area contributed by atoms with Crippen LogP contribution in [0.4, 0.5) is 0 Å². The lowest BCUT2D eigenvalue weighted by atomic mass is 9.98. The minimum absolute atomic E-state index is 0.580. The van der Waals surface area contributed by atoms with Crippen LogP contribution in [0.1, 0.15) is 77.0 Å². The number of hydrogen-bond acceptors (Lipinski definition) is 2. The average molecular weight is 253 g/mol. The Bertz CT molecular complexity index is 193. The van der Waals surface area contributed by atoms with Crippen molar-refractivity contribution in [2.45, 2.75) is 89.2 Å². The van der Waals surface area contributed by atoms with Gasteiger partial charge in [-0.2, -0.15) is 0 Å². The molecule has 0 amide bonds. The molecule has 1 N–H and O–H groups in total. The highest BCUT2D eigenvalue weighted by Gasteiger charge is 2.13. The molecule has 2 nitrogen and oxygen atoms in total. The van der Waals surface area contributed by atoms with Crippen LogP contribution >= 0.6 is 0 Å². The second-order valence-corrected chi connectivity index (χ2v) is 6.13. The summed E-state index contributed by atoms with van der Waals surface area (Å²) in [4.78, 5) is 0. The van der Waals surface area contributed by atoms with Crippen LogP contribution in [-0.2, 0) is 4.74 Å². The molecule has 0 aromatic carbocycles. The summed E-state index contributed by atoms with van der Waals surface area (Å²) in [6, 6.07) is 0.794. The Morgan fingerprint density at radius 2 is 1.39 bits per heavy atom. The summed E-state index contributed by atoms with van der Waals surface area (Å²) in [6.45, 7) is 2.11. The van der Waals surface area contributed by atoms with E-state index in [-0.39, 0.29) is 0 Å². The summed E-state index contributed by atoms with van der Waals surface area (Å²) >= 11 is 0. The fraction of sp³-hybridized carbons (Fsp3) is 1.00. The summed E-state index contributed by atoms with van der Waals surface area (Å²) in [7, 11) is 0. The first kappa shape index (κ1) is 14.3. The molecule has 2 aliphatic carbocycles. The zero-order valence-corrected chi connectivity index (χ0v) is 12.0. The van der Waals surface area contributed by atoms with Crippen LogP contribution in [0.25, 0.3) is 0 Å². The molecular weight excluding hydrogens is 222 g/mol. The molecule has 2 saturated carbocycles. The van der Waals surface area contributed by atoms with E-state index in [0.29, 0.717) is 6.10 Å². The minimum Gasteiger partial charge on any atom is -0.378 e. The van der Waals surface area contributed by atoms with Crippen LogP contribution < -0.4 is 5.32 Å². The molecule has 0 aromatic rings. The fourth-order valence-corrected chi connectivity index (χ4v) is 3.34. The second kappa shape index (κ2) is 8.92. The summed E-state index contributed by atoms with van der Waals surface area (Å²) in [5.41, 5.74) is 0. The van der Waals surface area contributed by atoms with Gasteiger partial charge in [0.1, 0.15) is 0 Å². The minimum atomic E-state index is 0.580. The Kier molecular flexibility index (Phi) is 7.11. The molecule has 0 bridgehead atoms. The van der Waals surface area contributed by atoms with Crippen LogP contribution in [0.2, 0.25) is 0 Å². The van der Waals surface area contributed by atoms with Crippen molar-refractivity contribution in [2.75, 3.05) is 13.2 Å². The summed E-state index contributed by atoms with van der Waals surface area (Å²) in [6.07, 6.45) is 17.1. The quantitative estimate of drug-likeness (QED) is 0.570. The first-order chi connectivity index (χ1) is 8.95. The van der Waals surface area contributed by atoms with Gasteiger partial charge in [-0.15, -0.1) is 0 Å². The van der Waals surface area contributed by atoms with Gasteiger partial charge in [-0.25, -0.2) is 0 Å². The third-order valence-electron chi connectivity index (χ3n) is 4.52. The van der Waals surface area contributed by atoms with Gasteiger partial charge in [-0.1, -0.05) is 44.9 Å². The summed E-state index contributed by atoms with van der Waals surface area (Å²) < 4.78 is 5.96. The van der Waals surface area contributed by atoms with Crippen LogP contribution in [0.5, 0.6) is 0 Å². The third-order valence-corrected chi connectivity index (χ3v) is 4.52. The van der Waals surface area contributed by atoms with Crippen molar-refractivity contribution in [2.24, 2.45) is 0 Å². The number of nitrogens with one attached hydrogen (secondary N) is 1. The van der Waals surface area contributed by atoms with E-state index >= 15 is 0 Å². The Morgan fingerprint density at radius 3 is 2.11 bits per heavy atom. The van der Waals surface area contributed by atoms with Gasteiger partial charge in [0.2, 0.25) is 0 Å². The first-order valence-corrected chi connectivity index (χ1v) is 8.30. The first-order valence-electron chi connectivity index (χ1n) is 8.30. The van der Waals surface area contributed by atoms with Crippen LogP contribution in [0, 0.1) is 0 Å². The smallest absolute Gasteiger partial charge is 0.0575 e. The summed E-state index contributed by atoms with van der Waals surface area (Å²) in [5.74, 6) is 0. The van der Waals surface area contributed by atoms with Crippen LogP contribution in [0.15, 0.2) is 0 Å². The standard InChI is InChI=1S/C16H31NO/c1-2-5-10-15(9-4-1)17-13-8-14-18-16-11-6-3-7-12-16/h15-17H,1-14H2. The molecular formula is C16H31NO. The molecule has 0 saturated heterocycles. The molecule has 18 heavy (non-hydrogen) atoms. The van der Waals surface area contributed by atoms with Gasteiger partial charge in [0.05, 0.1) is 6.10 Å². The van der Waals surface area contributed by atoms with E-state index in [1.165, 1.54) is 77.0 Å². The number of ether oxygens (including phenoxy) is 1. The monoisotopic (exact) mass is 253 g/mol. The van der Waals surface area contributed by atoms with E-state index in [1.807, 2.05) is 0 Å². The van der Waals surface area contributed by atoms with E-state index in [9.17, 15) is 0 Å². The fourth-order valence-electron chi connectivity index (χ4n) is 3.34. The van der Waals surface area contributed by atoms with Crippen molar-refractivity contribution >= 4 is 0 Å². The van der Waals surface area contributed by atoms with Crippen LogP contribution in [-0.4, -0.2) is 25.3 Å². The Labute approximate surface area is 113 Å². The van der Waals surface area contributed by atoms with Crippen molar-refractivity contribution in [3.8, 4) is 0 Å². The van der Waals surface area contributed by atoms with Crippen molar-refractivity contribution in [1.29, 1.82) is 0 Å². The van der Waals surface area contributed by atoms with Gasteiger partial charge in [0.25, 0.3) is 0 Å². The maximum atomic E-state index is 5.96. The molecule has 0 unspecified atom stereocenters. The molecule has 2 rings (SSSR count). The Hall–Kier alpha value is -0.0800. The Morgan fingerprint density at radius 1 is 0.778 bits per heavy atom. The van der Waals surface area contributed by atoms with E-state index in [2.05, 4.69) is 5.32 Å². The van der Waals surface area contributed by atoms with Gasteiger partial charge < -0.3 is 10.1 Å². The zero-order chi connectivity index (χ0) is 12.5. The van der Waals surface area contributed by atoms with E-state index in [0.717, 1.165) is 19.2 Å². The van der Waals surface area contributed by atoms with Crippen molar-refractivity contribution in [3.05, 3.63) is 0 Å². The largest absolute Gasteiger partial charge is 0.378 e. The predicted molar refractivity (Wildman–Crippen MR) is 76.9 cm³/mol. The zero-order valence-electron chi connectivity index (χ0n) is 12.0. The maximum absolute atomic E-state index is 5.96. The summed E-state index contributed by atoms with van der Waals surface area (Å²) in [5, 5.41) is 3.72. The number of rotatable bonds is 6. The van der Waals surface area contributed by atoms with Gasteiger partial charge in [0, 0.05) is 12.6 Å². The molecule has 0 spiro atoms. The highest BCUT2D eigenvalue weighted by Crippen LogP contribution is 2.20. The molecule has 0 atom stereocenters. The van der Waals surface area contributed by atoms with Gasteiger partial charge >= 0.3 is 0 Å². The molecule has 2 fully saturated rings. The maximum Gasteiger partial charge on any atom is 0.0575 e. The van der Waals surface area contributed by atoms with Gasteiger partial charge in [-0.05, 0) is 38.6 Å². The molecule has 2 aliphatic rings. The molecule has 0 aromatic heterocycles. The third kappa shape index (κ3) is 5.71. The SMILES string of the molecule is C1CCCC(NCCCOC2CCCCC2)CC1. The predicted octanol–water partition coefficient (Wildman–Crippen LogP) is 4.04. The van der Waals surface area contributed by atoms with E-state index < -0.39 is 0 Å². The lowest BCUT2D eigenvalue weighted by molar-refractivity contribution is 0.0270. The highest BCUT2D eigenvalue weighted by molar-refractivity contribution is 4.70. The lowest BCUT2D eigenvalue weighted by Crippen LogP contribution is -2.30. The molecule has 0 heterocycles. The van der Waals surface area contributed by atoms with E-state index in [4.69, 9.17) is 4.74 Å². The molecule has 0 radical (unpaired) electrons. The molecule has 2 heteroatoms. The highest BCUT2D eigenvalue weighted by atomic mass is 16.5. The average Bonchev–Trinajstić information content (AvgIpc) is 2.68. The normalized spacial score (nSPS) is 24.0. The molecule has 106 valence electrons. The second-order valence-electron chi connectivity index (χ2n) is 6.13. The molecule has 0 aliphatic heterocycles. The van der Waals surface area contributed by atoms with Crippen molar-refractivity contribution in [3.63, 3.8) is 0 Å². The van der Waals surface area contributed by atoms with Gasteiger partial charge in [0.15, 0.2) is 0 Å². The van der Waals surface area contributed by atoms with Gasteiger partial charge in [-0.3, -0.25) is 0 Å². The van der Waals surface area contributed by atoms with Crippen molar-refractivity contribution in [1.82, 2.24) is 5.32 Å². The van der Waals surface area contributed by atoms with Crippen molar-refractivity contribution < 1.29 is 4.74 Å². The number of hydrogen-bond donors (Lipinski definition) is 1.